The molecule has 0 aromatic heterocycles. The predicted octanol–water partition coefficient (Wildman–Crippen LogP) is 3.04. The topological polar surface area (TPSA) is 123 Å². The monoisotopic (exact) mass is 492 g/mol. The van der Waals surface area contributed by atoms with Crippen LogP contribution in [-0.4, -0.2) is 40.8 Å². The van der Waals surface area contributed by atoms with E-state index in [2.05, 4.69) is 22.5 Å². The number of hydrogen-bond donors (Lipinski definition) is 6. The van der Waals surface area contributed by atoms with E-state index in [9.17, 15) is 19.1 Å². The summed E-state index contributed by atoms with van der Waals surface area (Å²) < 4.78 is 12.9. The smallest absolute Gasteiger partial charge is 0.268 e. The molecule has 0 aliphatic carbocycles. The van der Waals surface area contributed by atoms with Gasteiger partial charge in [-0.2, -0.15) is 0 Å². The Morgan fingerprint density at radius 3 is 2.08 bits per heavy atom. The number of aliphatic hydroxyl groups is 1. The summed E-state index contributed by atoms with van der Waals surface area (Å²) in [5, 5.41) is 27.3. The van der Waals surface area contributed by atoms with Crippen LogP contribution in [0.5, 0.6) is 0 Å². The van der Waals surface area contributed by atoms with Gasteiger partial charge in [0.1, 0.15) is 11.9 Å². The number of amides is 2. The van der Waals surface area contributed by atoms with Gasteiger partial charge in [-0.1, -0.05) is 55.1 Å². The predicted molar refractivity (Wildman–Crippen MR) is 136 cm³/mol. The van der Waals surface area contributed by atoms with Crippen molar-refractivity contribution < 1.29 is 24.3 Å². The number of aliphatic hydroxyl groups excluding tert-OH is 1. The van der Waals surface area contributed by atoms with E-state index in [0.717, 1.165) is 16.7 Å². The number of carbonyl (C=O) groups excluding carboxylic acids is 2. The first-order valence-electron chi connectivity index (χ1n) is 11.3. The molecule has 3 aromatic rings. The number of anilines is 1. The Balaban J connectivity index is 1.52. The molecule has 8 nitrogen and oxygen atoms in total. The minimum atomic E-state index is -1.05. The van der Waals surface area contributed by atoms with Crippen molar-refractivity contribution in [2.45, 2.75) is 25.6 Å². The lowest BCUT2D eigenvalue weighted by atomic mass is 10.0. The lowest BCUT2D eigenvalue weighted by Gasteiger charge is -2.22. The molecule has 0 heterocycles. The van der Waals surface area contributed by atoms with E-state index in [-0.39, 0.29) is 18.3 Å². The van der Waals surface area contributed by atoms with Gasteiger partial charge in [0.15, 0.2) is 0 Å². The fourth-order valence-electron chi connectivity index (χ4n) is 3.48. The summed E-state index contributed by atoms with van der Waals surface area (Å²) in [6.45, 7) is 5.91. The third-order valence-corrected chi connectivity index (χ3v) is 5.47. The Bertz CT molecular complexity index is 1180. The molecule has 0 unspecified atom stereocenters. The van der Waals surface area contributed by atoms with Crippen molar-refractivity contribution in [2.75, 3.05) is 11.9 Å². The molecule has 36 heavy (non-hydrogen) atoms. The number of hydroxylamine groups is 1. The maximum absolute atomic E-state index is 12.9. The van der Waals surface area contributed by atoms with Gasteiger partial charge in [0.2, 0.25) is 5.91 Å². The summed E-state index contributed by atoms with van der Waals surface area (Å²) in [6, 6.07) is 19.9. The zero-order chi connectivity index (χ0) is 26.1. The minimum Gasteiger partial charge on any atom is -0.391 e. The summed E-state index contributed by atoms with van der Waals surface area (Å²) >= 11 is 0. The average Bonchev–Trinajstić information content (AvgIpc) is 2.88. The van der Waals surface area contributed by atoms with Crippen LogP contribution >= 0.6 is 0 Å². The number of benzene rings is 3. The summed E-state index contributed by atoms with van der Waals surface area (Å²) in [4.78, 5) is 23.9. The van der Waals surface area contributed by atoms with Crippen LogP contribution in [0.1, 0.15) is 18.1 Å². The first-order valence-corrected chi connectivity index (χ1v) is 11.3. The van der Waals surface area contributed by atoms with Crippen LogP contribution in [0.2, 0.25) is 0 Å². The number of rotatable bonds is 11. The molecule has 6 N–H and O–H groups in total. The van der Waals surface area contributed by atoms with Crippen LogP contribution in [0.15, 0.2) is 79.4 Å². The molecule has 0 saturated heterocycles. The van der Waals surface area contributed by atoms with Gasteiger partial charge in [-0.3, -0.25) is 14.8 Å². The zero-order valence-electron chi connectivity index (χ0n) is 19.8. The van der Waals surface area contributed by atoms with Crippen molar-refractivity contribution in [2.24, 2.45) is 0 Å². The first kappa shape index (κ1) is 26.6. The lowest BCUT2D eigenvalue weighted by Crippen LogP contribution is -2.48. The lowest BCUT2D eigenvalue weighted by molar-refractivity contribution is -0.133. The van der Waals surface area contributed by atoms with Crippen molar-refractivity contribution >= 4 is 23.2 Å². The van der Waals surface area contributed by atoms with E-state index in [1.54, 1.807) is 12.1 Å². The van der Waals surface area contributed by atoms with Crippen molar-refractivity contribution in [3.63, 3.8) is 0 Å². The van der Waals surface area contributed by atoms with Crippen LogP contribution in [0.4, 0.5) is 10.1 Å². The summed E-state index contributed by atoms with van der Waals surface area (Å²) in [5.41, 5.74) is 6.08. The maximum Gasteiger partial charge on any atom is 0.268 e. The van der Waals surface area contributed by atoms with Crippen LogP contribution in [0.25, 0.3) is 16.8 Å². The highest BCUT2D eigenvalue weighted by atomic mass is 19.1. The second kappa shape index (κ2) is 12.6. The van der Waals surface area contributed by atoms with Crippen molar-refractivity contribution in [3.05, 3.63) is 96.3 Å². The van der Waals surface area contributed by atoms with Crippen molar-refractivity contribution in [3.8, 4) is 11.1 Å². The SMILES string of the molecule is C=C(N[C@H](C(=O)NO)[C@@H](C)O)c1ccc(-c2ccc(NC(=O)CNCc3ccc(F)cc3)cc2)cc1. The zero-order valence-corrected chi connectivity index (χ0v) is 19.8. The number of hydrogen-bond acceptors (Lipinski definition) is 6. The Hall–Kier alpha value is -4.05. The van der Waals surface area contributed by atoms with Gasteiger partial charge < -0.3 is 21.1 Å². The molecule has 2 atom stereocenters. The van der Waals surface area contributed by atoms with Crippen LogP contribution in [0, 0.1) is 5.82 Å². The average molecular weight is 493 g/mol. The van der Waals surface area contributed by atoms with E-state index in [1.807, 2.05) is 48.5 Å². The van der Waals surface area contributed by atoms with Crippen molar-refractivity contribution in [1.82, 2.24) is 16.1 Å². The van der Waals surface area contributed by atoms with Crippen LogP contribution in [-0.2, 0) is 16.1 Å². The third-order valence-electron chi connectivity index (χ3n) is 5.47. The number of halogens is 1. The normalized spacial score (nSPS) is 12.3. The van der Waals surface area contributed by atoms with Gasteiger partial charge in [-0.15, -0.1) is 0 Å². The van der Waals surface area contributed by atoms with Crippen LogP contribution in [0.3, 0.4) is 0 Å². The fraction of sp³-hybridized carbons (Fsp3) is 0.185. The molecule has 0 fully saturated rings. The Morgan fingerprint density at radius 1 is 0.944 bits per heavy atom. The molecule has 0 saturated carbocycles. The molecule has 0 bridgehead atoms. The second-order valence-electron chi connectivity index (χ2n) is 8.25. The Morgan fingerprint density at radius 2 is 1.53 bits per heavy atom. The Kier molecular flexibility index (Phi) is 9.29. The van der Waals surface area contributed by atoms with E-state index < -0.39 is 18.1 Å². The summed E-state index contributed by atoms with van der Waals surface area (Å²) in [7, 11) is 0. The van der Waals surface area contributed by atoms with Crippen molar-refractivity contribution in [1.29, 1.82) is 0 Å². The molecule has 9 heteroatoms. The molecule has 3 aromatic carbocycles. The molecule has 0 aliphatic heterocycles. The van der Waals surface area contributed by atoms with Gasteiger partial charge in [0, 0.05) is 17.9 Å². The van der Waals surface area contributed by atoms with Gasteiger partial charge >= 0.3 is 0 Å². The summed E-state index contributed by atoms with van der Waals surface area (Å²) in [5.74, 6) is -1.25. The fourth-order valence-corrected chi connectivity index (χ4v) is 3.48. The molecule has 0 spiro atoms. The van der Waals surface area contributed by atoms with E-state index in [0.29, 0.717) is 23.5 Å². The standard InChI is InChI=1S/C27H29FN4O4/c1-17(30-26(18(2)33)27(35)32-36)20-5-7-21(8-6-20)22-9-13-24(14-10-22)31-25(34)16-29-15-19-3-11-23(28)12-4-19/h3-14,18,26,29-30,33,36H,1,15-16H2,2H3,(H,31,34)(H,32,35)/t18-,26+/m1/s1. The molecule has 3 rings (SSSR count). The van der Waals surface area contributed by atoms with Gasteiger partial charge in [-0.25, -0.2) is 9.87 Å². The third kappa shape index (κ3) is 7.47. The van der Waals surface area contributed by atoms with E-state index in [4.69, 9.17) is 5.21 Å². The highest BCUT2D eigenvalue weighted by Crippen LogP contribution is 2.23. The molecule has 188 valence electrons. The second-order valence-corrected chi connectivity index (χ2v) is 8.25. The molecule has 2 amide bonds. The molecule has 0 radical (unpaired) electrons. The van der Waals surface area contributed by atoms with E-state index in [1.165, 1.54) is 24.5 Å². The largest absolute Gasteiger partial charge is 0.391 e. The number of nitrogens with one attached hydrogen (secondary N) is 4. The van der Waals surface area contributed by atoms with Gasteiger partial charge in [-0.05, 0) is 53.4 Å². The maximum atomic E-state index is 12.9. The molecular formula is C27H29FN4O4. The van der Waals surface area contributed by atoms with Crippen LogP contribution < -0.4 is 21.4 Å². The summed E-state index contributed by atoms with van der Waals surface area (Å²) in [6.07, 6.45) is -1.04. The van der Waals surface area contributed by atoms with E-state index >= 15 is 0 Å². The minimum absolute atomic E-state index is 0.119. The first-order chi connectivity index (χ1) is 17.3. The Labute approximate surface area is 208 Å². The highest BCUT2D eigenvalue weighted by molar-refractivity contribution is 5.92. The van der Waals surface area contributed by atoms with Gasteiger partial charge in [0.25, 0.3) is 5.91 Å². The highest BCUT2D eigenvalue weighted by Gasteiger charge is 2.23. The molecule has 0 aliphatic rings. The number of carbonyl (C=O) groups is 2. The van der Waals surface area contributed by atoms with Gasteiger partial charge in [0.05, 0.1) is 12.6 Å². The molecular weight excluding hydrogens is 463 g/mol. The quantitative estimate of drug-likeness (QED) is 0.181.